The van der Waals surface area contributed by atoms with Crippen LogP contribution in [0.2, 0.25) is 0 Å². The third-order valence-electron chi connectivity index (χ3n) is 3.69. The van der Waals surface area contributed by atoms with Gasteiger partial charge in [-0.1, -0.05) is 38.1 Å². The molecular formula is C19H25NO. The van der Waals surface area contributed by atoms with Gasteiger partial charge in [-0.15, -0.1) is 0 Å². The fourth-order valence-corrected chi connectivity index (χ4v) is 2.45. The van der Waals surface area contributed by atoms with Gasteiger partial charge >= 0.3 is 0 Å². The van der Waals surface area contributed by atoms with E-state index in [4.69, 9.17) is 0 Å². The van der Waals surface area contributed by atoms with Crippen molar-refractivity contribution in [1.29, 1.82) is 0 Å². The van der Waals surface area contributed by atoms with Gasteiger partial charge in [0, 0.05) is 12.2 Å². The number of anilines is 1. The highest BCUT2D eigenvalue weighted by Gasteiger charge is 2.04. The third kappa shape index (κ3) is 4.25. The number of benzene rings is 2. The highest BCUT2D eigenvalue weighted by molar-refractivity contribution is 5.56. The van der Waals surface area contributed by atoms with E-state index in [9.17, 15) is 5.11 Å². The number of hydrogen-bond acceptors (Lipinski definition) is 2. The smallest absolute Gasteiger partial charge is 0.118 e. The largest absolute Gasteiger partial charge is 0.508 e. The van der Waals surface area contributed by atoms with Crippen LogP contribution < -0.4 is 5.32 Å². The number of nitrogens with one attached hydrogen (secondary N) is 1. The van der Waals surface area contributed by atoms with E-state index in [-0.39, 0.29) is 0 Å². The standard InChI is InChI=1S/C19H25NO/c1-13(2)9-16-5-7-17(8-6-16)12-20-18-10-15(4)19(21)11-14(18)3/h5-8,10-11,13,20-21H,9,12H2,1-4H3. The Bertz CT molecular complexity index is 600. The maximum absolute atomic E-state index is 9.68. The van der Waals surface area contributed by atoms with E-state index >= 15 is 0 Å². The average Bonchev–Trinajstić information content (AvgIpc) is 2.42. The van der Waals surface area contributed by atoms with Gasteiger partial charge in [0.2, 0.25) is 0 Å². The first-order chi connectivity index (χ1) is 9.95. The highest BCUT2D eigenvalue weighted by atomic mass is 16.3. The number of aryl methyl sites for hydroxylation is 2. The van der Waals surface area contributed by atoms with Crippen LogP contribution in [0.4, 0.5) is 5.69 Å². The summed E-state index contributed by atoms with van der Waals surface area (Å²) >= 11 is 0. The molecule has 21 heavy (non-hydrogen) atoms. The molecule has 0 spiro atoms. The van der Waals surface area contributed by atoms with Crippen LogP contribution in [0, 0.1) is 19.8 Å². The average molecular weight is 283 g/mol. The Hall–Kier alpha value is -1.96. The number of phenols is 1. The van der Waals surface area contributed by atoms with Gasteiger partial charge in [-0.05, 0) is 60.6 Å². The molecule has 0 amide bonds. The minimum atomic E-state index is 0.357. The second-order valence-corrected chi connectivity index (χ2v) is 6.22. The molecule has 2 N–H and O–H groups in total. The van der Waals surface area contributed by atoms with Crippen molar-refractivity contribution in [2.75, 3.05) is 5.32 Å². The van der Waals surface area contributed by atoms with Gasteiger partial charge in [0.1, 0.15) is 5.75 Å². The van der Waals surface area contributed by atoms with Gasteiger partial charge in [0.25, 0.3) is 0 Å². The van der Waals surface area contributed by atoms with Crippen LogP contribution in [-0.4, -0.2) is 5.11 Å². The van der Waals surface area contributed by atoms with E-state index in [0.717, 1.165) is 29.8 Å². The summed E-state index contributed by atoms with van der Waals surface area (Å²) in [6.45, 7) is 9.21. The molecular weight excluding hydrogens is 258 g/mol. The van der Waals surface area contributed by atoms with E-state index in [1.165, 1.54) is 11.1 Å². The van der Waals surface area contributed by atoms with Gasteiger partial charge < -0.3 is 10.4 Å². The first-order valence-corrected chi connectivity index (χ1v) is 7.57. The minimum Gasteiger partial charge on any atom is -0.508 e. The Morgan fingerprint density at radius 1 is 0.952 bits per heavy atom. The molecule has 2 rings (SSSR count). The lowest BCUT2D eigenvalue weighted by Crippen LogP contribution is -2.02. The molecule has 0 fully saturated rings. The summed E-state index contributed by atoms with van der Waals surface area (Å²) in [5, 5.41) is 13.1. The summed E-state index contributed by atoms with van der Waals surface area (Å²) in [6.07, 6.45) is 1.13. The van der Waals surface area contributed by atoms with Crippen LogP contribution >= 0.6 is 0 Å². The zero-order chi connectivity index (χ0) is 15.4. The van der Waals surface area contributed by atoms with Crippen molar-refractivity contribution >= 4 is 5.69 Å². The lowest BCUT2D eigenvalue weighted by Gasteiger charge is -2.12. The molecule has 2 aromatic rings. The molecule has 0 radical (unpaired) electrons. The van der Waals surface area contributed by atoms with Crippen LogP contribution in [0.5, 0.6) is 5.75 Å². The van der Waals surface area contributed by atoms with E-state index in [1.807, 2.05) is 26.0 Å². The van der Waals surface area contributed by atoms with Gasteiger partial charge in [0.15, 0.2) is 0 Å². The van der Waals surface area contributed by atoms with Gasteiger partial charge in [-0.25, -0.2) is 0 Å². The monoisotopic (exact) mass is 283 g/mol. The molecule has 0 aliphatic rings. The molecule has 2 nitrogen and oxygen atoms in total. The second kappa shape index (κ2) is 6.66. The van der Waals surface area contributed by atoms with Crippen molar-refractivity contribution < 1.29 is 5.11 Å². The van der Waals surface area contributed by atoms with Crippen molar-refractivity contribution in [1.82, 2.24) is 0 Å². The van der Waals surface area contributed by atoms with Gasteiger partial charge in [-0.2, -0.15) is 0 Å². The Morgan fingerprint density at radius 2 is 1.57 bits per heavy atom. The van der Waals surface area contributed by atoms with E-state index in [1.54, 1.807) is 0 Å². The second-order valence-electron chi connectivity index (χ2n) is 6.22. The summed E-state index contributed by atoms with van der Waals surface area (Å²) in [6, 6.07) is 12.6. The maximum Gasteiger partial charge on any atom is 0.118 e. The fourth-order valence-electron chi connectivity index (χ4n) is 2.45. The van der Waals surface area contributed by atoms with E-state index < -0.39 is 0 Å². The molecule has 0 aromatic heterocycles. The molecule has 2 heteroatoms. The maximum atomic E-state index is 9.68. The molecule has 0 heterocycles. The molecule has 0 aliphatic carbocycles. The van der Waals surface area contributed by atoms with E-state index in [0.29, 0.717) is 11.7 Å². The van der Waals surface area contributed by atoms with Crippen molar-refractivity contribution in [3.63, 3.8) is 0 Å². The molecule has 0 bridgehead atoms. The zero-order valence-electron chi connectivity index (χ0n) is 13.4. The number of hydrogen-bond donors (Lipinski definition) is 2. The molecule has 0 atom stereocenters. The van der Waals surface area contributed by atoms with Crippen LogP contribution in [0.3, 0.4) is 0 Å². The normalized spacial score (nSPS) is 10.9. The summed E-state index contributed by atoms with van der Waals surface area (Å²) in [4.78, 5) is 0. The highest BCUT2D eigenvalue weighted by Crippen LogP contribution is 2.25. The van der Waals surface area contributed by atoms with Crippen molar-refractivity contribution in [2.24, 2.45) is 5.92 Å². The predicted molar refractivity (Wildman–Crippen MR) is 89.9 cm³/mol. The summed E-state index contributed by atoms with van der Waals surface area (Å²) in [5.74, 6) is 1.05. The first kappa shape index (κ1) is 15.4. The predicted octanol–water partition coefficient (Wildman–Crippen LogP) is 4.82. The topological polar surface area (TPSA) is 32.3 Å². The lowest BCUT2D eigenvalue weighted by molar-refractivity contribution is 0.471. The summed E-state index contributed by atoms with van der Waals surface area (Å²) in [5.41, 5.74) is 5.71. The Balaban J connectivity index is 2.01. The molecule has 0 unspecified atom stereocenters. The van der Waals surface area contributed by atoms with Crippen molar-refractivity contribution in [3.05, 3.63) is 58.7 Å². The summed E-state index contributed by atoms with van der Waals surface area (Å²) in [7, 11) is 0. The van der Waals surface area contributed by atoms with Crippen LogP contribution in [0.25, 0.3) is 0 Å². The zero-order valence-corrected chi connectivity index (χ0v) is 13.4. The molecule has 0 aliphatic heterocycles. The van der Waals surface area contributed by atoms with Gasteiger partial charge in [-0.3, -0.25) is 0 Å². The number of rotatable bonds is 5. The summed E-state index contributed by atoms with van der Waals surface area (Å²) < 4.78 is 0. The Labute approximate surface area is 127 Å². The SMILES string of the molecule is Cc1cc(NCc2ccc(CC(C)C)cc2)c(C)cc1O. The number of phenolic OH excluding ortho intramolecular Hbond substituents is 1. The molecule has 112 valence electrons. The molecule has 0 saturated heterocycles. The molecule has 2 aromatic carbocycles. The Morgan fingerprint density at radius 3 is 2.19 bits per heavy atom. The quantitative estimate of drug-likeness (QED) is 0.771. The Kier molecular flexibility index (Phi) is 4.89. The van der Waals surface area contributed by atoms with E-state index in [2.05, 4.69) is 43.4 Å². The van der Waals surface area contributed by atoms with Crippen LogP contribution in [0.15, 0.2) is 36.4 Å². The number of aromatic hydroxyl groups is 1. The lowest BCUT2D eigenvalue weighted by atomic mass is 10.0. The minimum absolute atomic E-state index is 0.357. The molecule has 0 saturated carbocycles. The fraction of sp³-hybridized carbons (Fsp3) is 0.368. The van der Waals surface area contributed by atoms with Crippen LogP contribution in [-0.2, 0) is 13.0 Å². The van der Waals surface area contributed by atoms with Crippen LogP contribution in [0.1, 0.15) is 36.1 Å². The third-order valence-corrected chi connectivity index (χ3v) is 3.69. The first-order valence-electron chi connectivity index (χ1n) is 7.57. The van der Waals surface area contributed by atoms with Crippen molar-refractivity contribution in [2.45, 2.75) is 40.7 Å². The van der Waals surface area contributed by atoms with Gasteiger partial charge in [0.05, 0.1) is 0 Å². The van der Waals surface area contributed by atoms with Crippen molar-refractivity contribution in [3.8, 4) is 5.75 Å².